The maximum atomic E-state index is 12.7. The lowest BCUT2D eigenvalue weighted by molar-refractivity contribution is 0.0571. The number of amides is 1. The molecule has 1 aliphatic heterocycles. The van der Waals surface area contributed by atoms with Crippen molar-refractivity contribution in [2.45, 2.75) is 33.2 Å². The fraction of sp³-hybridized carbons (Fsp3) is 0.588. The fourth-order valence-electron chi connectivity index (χ4n) is 3.00. The third-order valence-electron chi connectivity index (χ3n) is 4.48. The summed E-state index contributed by atoms with van der Waals surface area (Å²) < 4.78 is 0. The van der Waals surface area contributed by atoms with Crippen molar-refractivity contribution in [3.8, 4) is 0 Å². The molecule has 1 aromatic rings. The number of carbonyl (C=O) groups excluding carboxylic acids is 1. The second-order valence-electron chi connectivity index (χ2n) is 5.94. The van der Waals surface area contributed by atoms with Gasteiger partial charge in [-0.2, -0.15) is 0 Å². The molecule has 0 aromatic heterocycles. The van der Waals surface area contributed by atoms with Crippen LogP contribution in [0.1, 0.15) is 34.8 Å². The normalized spacial score (nSPS) is 17.8. The minimum absolute atomic E-state index is 0.164. The molecule has 1 unspecified atom stereocenters. The van der Waals surface area contributed by atoms with E-state index in [0.717, 1.165) is 49.3 Å². The number of nitrogens with zero attached hydrogens (tertiary/aromatic N) is 2. The van der Waals surface area contributed by atoms with E-state index in [2.05, 4.69) is 17.9 Å². The van der Waals surface area contributed by atoms with Crippen molar-refractivity contribution in [3.63, 3.8) is 0 Å². The van der Waals surface area contributed by atoms with Gasteiger partial charge >= 0.3 is 0 Å². The highest BCUT2D eigenvalue weighted by atomic mass is 16.2. The minimum atomic E-state index is 0.164. The number of benzene rings is 1. The molecule has 0 radical (unpaired) electrons. The van der Waals surface area contributed by atoms with E-state index in [0.29, 0.717) is 12.6 Å². The SMILES string of the molecule is CCC(CN)N1CCN(C(=O)c2cc(C)ccc2C)CC1. The molecular formula is C17H27N3O. The lowest BCUT2D eigenvalue weighted by Gasteiger charge is -2.38. The van der Waals surface area contributed by atoms with Crippen LogP contribution in [0.25, 0.3) is 0 Å². The highest BCUT2D eigenvalue weighted by Crippen LogP contribution is 2.16. The molecule has 4 nitrogen and oxygen atoms in total. The Kier molecular flexibility index (Phi) is 5.37. The summed E-state index contributed by atoms with van der Waals surface area (Å²) in [6, 6.07) is 6.53. The summed E-state index contributed by atoms with van der Waals surface area (Å²) in [5, 5.41) is 0. The van der Waals surface area contributed by atoms with Crippen molar-refractivity contribution in [2.75, 3.05) is 32.7 Å². The van der Waals surface area contributed by atoms with Crippen molar-refractivity contribution in [3.05, 3.63) is 34.9 Å². The zero-order chi connectivity index (χ0) is 15.4. The fourth-order valence-corrected chi connectivity index (χ4v) is 3.00. The van der Waals surface area contributed by atoms with Crippen LogP contribution in [0.5, 0.6) is 0 Å². The van der Waals surface area contributed by atoms with E-state index in [1.165, 1.54) is 0 Å². The Morgan fingerprint density at radius 1 is 1.24 bits per heavy atom. The van der Waals surface area contributed by atoms with Crippen molar-refractivity contribution >= 4 is 5.91 Å². The summed E-state index contributed by atoms with van der Waals surface area (Å²) in [4.78, 5) is 17.1. The first-order valence-electron chi connectivity index (χ1n) is 7.87. The second kappa shape index (κ2) is 7.05. The Balaban J connectivity index is 2.02. The molecule has 0 spiro atoms. The van der Waals surface area contributed by atoms with Gasteiger partial charge in [-0.25, -0.2) is 0 Å². The van der Waals surface area contributed by atoms with E-state index >= 15 is 0 Å². The predicted octanol–water partition coefficient (Wildman–Crippen LogP) is 1.80. The van der Waals surface area contributed by atoms with Crippen molar-refractivity contribution in [1.82, 2.24) is 9.80 Å². The molecule has 2 N–H and O–H groups in total. The van der Waals surface area contributed by atoms with Crippen LogP contribution in [0.2, 0.25) is 0 Å². The molecule has 1 atom stereocenters. The minimum Gasteiger partial charge on any atom is -0.336 e. The first kappa shape index (κ1) is 16.0. The lowest BCUT2D eigenvalue weighted by Crippen LogP contribution is -2.53. The van der Waals surface area contributed by atoms with Crippen LogP contribution in [0, 0.1) is 13.8 Å². The maximum Gasteiger partial charge on any atom is 0.254 e. The number of aryl methyl sites for hydroxylation is 2. The smallest absolute Gasteiger partial charge is 0.254 e. The summed E-state index contributed by atoms with van der Waals surface area (Å²) in [6.07, 6.45) is 1.07. The number of hydrogen-bond acceptors (Lipinski definition) is 3. The Bertz CT molecular complexity index is 489. The van der Waals surface area contributed by atoms with E-state index in [4.69, 9.17) is 5.73 Å². The van der Waals surface area contributed by atoms with E-state index in [9.17, 15) is 4.79 Å². The second-order valence-corrected chi connectivity index (χ2v) is 5.94. The molecule has 0 aliphatic carbocycles. The van der Waals surface area contributed by atoms with Gasteiger partial charge in [0.15, 0.2) is 0 Å². The first-order chi connectivity index (χ1) is 10.1. The third kappa shape index (κ3) is 3.63. The standard InChI is InChI=1S/C17H27N3O/c1-4-15(12-18)19-7-9-20(10-8-19)17(21)16-11-13(2)5-6-14(16)3/h5-6,11,15H,4,7-10,12,18H2,1-3H3. The van der Waals surface area contributed by atoms with Crippen LogP contribution >= 0.6 is 0 Å². The Morgan fingerprint density at radius 2 is 1.90 bits per heavy atom. The van der Waals surface area contributed by atoms with Crippen molar-refractivity contribution in [1.29, 1.82) is 0 Å². The molecule has 2 rings (SSSR count). The van der Waals surface area contributed by atoms with Gasteiger partial charge in [0.2, 0.25) is 0 Å². The lowest BCUT2D eigenvalue weighted by atomic mass is 10.0. The highest BCUT2D eigenvalue weighted by Gasteiger charge is 2.25. The molecule has 0 bridgehead atoms. The predicted molar refractivity (Wildman–Crippen MR) is 86.5 cm³/mol. The van der Waals surface area contributed by atoms with Crippen molar-refractivity contribution in [2.24, 2.45) is 5.73 Å². The molecular weight excluding hydrogens is 262 g/mol. The zero-order valence-electron chi connectivity index (χ0n) is 13.4. The molecule has 1 saturated heterocycles. The summed E-state index contributed by atoms with van der Waals surface area (Å²) in [5.74, 6) is 0.164. The highest BCUT2D eigenvalue weighted by molar-refractivity contribution is 5.95. The molecule has 4 heteroatoms. The number of carbonyl (C=O) groups is 1. The first-order valence-corrected chi connectivity index (χ1v) is 7.87. The van der Waals surface area contributed by atoms with Gasteiger partial charge < -0.3 is 10.6 Å². The Morgan fingerprint density at radius 3 is 2.48 bits per heavy atom. The number of rotatable bonds is 4. The van der Waals surface area contributed by atoms with Crippen LogP contribution in [-0.2, 0) is 0 Å². The van der Waals surface area contributed by atoms with E-state index in [-0.39, 0.29) is 5.91 Å². The third-order valence-corrected chi connectivity index (χ3v) is 4.48. The van der Waals surface area contributed by atoms with E-state index in [1.807, 2.05) is 30.9 Å². The van der Waals surface area contributed by atoms with Gasteiger partial charge in [0.05, 0.1) is 0 Å². The monoisotopic (exact) mass is 289 g/mol. The number of hydrogen-bond donors (Lipinski definition) is 1. The molecule has 116 valence electrons. The summed E-state index contributed by atoms with van der Waals surface area (Å²) in [5.41, 5.74) is 8.85. The van der Waals surface area contributed by atoms with Crippen LogP contribution < -0.4 is 5.73 Å². The van der Waals surface area contributed by atoms with Gasteiger partial charge in [-0.3, -0.25) is 9.69 Å². The van der Waals surface area contributed by atoms with E-state index in [1.54, 1.807) is 0 Å². The summed E-state index contributed by atoms with van der Waals surface area (Å²) in [7, 11) is 0. The average Bonchev–Trinajstić information content (AvgIpc) is 2.51. The molecule has 1 aromatic carbocycles. The average molecular weight is 289 g/mol. The zero-order valence-corrected chi connectivity index (χ0v) is 13.4. The molecule has 1 aliphatic rings. The van der Waals surface area contributed by atoms with Gasteiger partial charge in [0.25, 0.3) is 5.91 Å². The van der Waals surface area contributed by atoms with Crippen molar-refractivity contribution < 1.29 is 4.79 Å². The summed E-state index contributed by atoms with van der Waals surface area (Å²) >= 11 is 0. The van der Waals surface area contributed by atoms with Crippen LogP contribution in [0.15, 0.2) is 18.2 Å². The Hall–Kier alpha value is -1.39. The van der Waals surface area contributed by atoms with Gasteiger partial charge in [-0.05, 0) is 31.9 Å². The van der Waals surface area contributed by atoms with Crippen LogP contribution in [-0.4, -0.2) is 54.5 Å². The largest absolute Gasteiger partial charge is 0.336 e. The van der Waals surface area contributed by atoms with Gasteiger partial charge in [0, 0.05) is 44.3 Å². The summed E-state index contributed by atoms with van der Waals surface area (Å²) in [6.45, 7) is 10.3. The quantitative estimate of drug-likeness (QED) is 0.919. The van der Waals surface area contributed by atoms with Gasteiger partial charge in [0.1, 0.15) is 0 Å². The number of nitrogens with two attached hydrogens (primary N) is 1. The molecule has 1 fully saturated rings. The molecule has 0 saturated carbocycles. The van der Waals surface area contributed by atoms with Crippen LogP contribution in [0.3, 0.4) is 0 Å². The number of piperazine rings is 1. The van der Waals surface area contributed by atoms with Gasteiger partial charge in [-0.1, -0.05) is 24.6 Å². The molecule has 1 amide bonds. The Labute approximate surface area is 127 Å². The maximum absolute atomic E-state index is 12.7. The molecule has 1 heterocycles. The van der Waals surface area contributed by atoms with Gasteiger partial charge in [-0.15, -0.1) is 0 Å². The molecule has 21 heavy (non-hydrogen) atoms. The topological polar surface area (TPSA) is 49.6 Å². The van der Waals surface area contributed by atoms with Crippen LogP contribution in [0.4, 0.5) is 0 Å². The van der Waals surface area contributed by atoms with E-state index < -0.39 is 0 Å².